The topological polar surface area (TPSA) is 51.9 Å². The molecule has 0 N–H and O–H groups in total. The van der Waals surface area contributed by atoms with Crippen LogP contribution in [0.25, 0.3) is 0 Å². The van der Waals surface area contributed by atoms with Gasteiger partial charge in [-0.3, -0.25) is 4.79 Å². The number of nitrogens with zero attached hydrogens (tertiary/aromatic N) is 1. The molecule has 0 aliphatic rings. The summed E-state index contributed by atoms with van der Waals surface area (Å²) < 4.78 is 16.2. The normalized spacial score (nSPS) is 10.2. The minimum Gasteiger partial charge on any atom is -0.497 e. The van der Waals surface area contributed by atoms with Gasteiger partial charge in [0.25, 0.3) is 5.91 Å². The molecule has 0 unspecified atom stereocenters. The van der Waals surface area contributed by atoms with Gasteiger partial charge in [-0.05, 0) is 46.3 Å². The summed E-state index contributed by atoms with van der Waals surface area (Å²) in [7, 11) is 3.34. The SMILES string of the molecule is COc1ccc(OCCN(C)C(=O)c2ccoc2Br)cc1. The Morgan fingerprint density at radius 2 is 1.90 bits per heavy atom. The third-order valence-electron chi connectivity index (χ3n) is 2.95. The zero-order valence-corrected chi connectivity index (χ0v) is 13.4. The Kier molecular flexibility index (Phi) is 5.27. The Hall–Kier alpha value is -1.95. The fourth-order valence-electron chi connectivity index (χ4n) is 1.73. The lowest BCUT2D eigenvalue weighted by Crippen LogP contribution is -2.30. The molecule has 112 valence electrons. The summed E-state index contributed by atoms with van der Waals surface area (Å²) >= 11 is 3.20. The van der Waals surface area contributed by atoms with Gasteiger partial charge in [-0.1, -0.05) is 0 Å². The lowest BCUT2D eigenvalue weighted by Gasteiger charge is -2.17. The van der Waals surface area contributed by atoms with Crippen LogP contribution in [-0.4, -0.2) is 38.1 Å². The van der Waals surface area contributed by atoms with Crippen LogP contribution < -0.4 is 9.47 Å². The molecule has 1 amide bonds. The zero-order valence-electron chi connectivity index (χ0n) is 11.8. The number of amides is 1. The number of hydrogen-bond acceptors (Lipinski definition) is 4. The van der Waals surface area contributed by atoms with Crippen molar-refractivity contribution in [3.8, 4) is 11.5 Å². The number of furan rings is 1. The summed E-state index contributed by atoms with van der Waals surface area (Å²) in [4.78, 5) is 13.7. The summed E-state index contributed by atoms with van der Waals surface area (Å²) in [6.07, 6.45) is 1.47. The molecule has 0 saturated carbocycles. The highest BCUT2D eigenvalue weighted by Gasteiger charge is 2.16. The number of halogens is 1. The average molecular weight is 354 g/mol. The van der Waals surface area contributed by atoms with Gasteiger partial charge in [-0.15, -0.1) is 0 Å². The van der Waals surface area contributed by atoms with E-state index in [4.69, 9.17) is 13.9 Å². The van der Waals surface area contributed by atoms with E-state index in [0.29, 0.717) is 23.4 Å². The molecule has 0 saturated heterocycles. The first kappa shape index (κ1) is 15.4. The van der Waals surface area contributed by atoms with Crippen LogP contribution in [-0.2, 0) is 0 Å². The van der Waals surface area contributed by atoms with Crippen LogP contribution in [0.1, 0.15) is 10.4 Å². The number of methoxy groups -OCH3 is 1. The molecule has 0 atom stereocenters. The van der Waals surface area contributed by atoms with Gasteiger partial charge in [0.05, 0.1) is 25.5 Å². The summed E-state index contributed by atoms with van der Waals surface area (Å²) in [6, 6.07) is 8.94. The van der Waals surface area contributed by atoms with Gasteiger partial charge >= 0.3 is 0 Å². The van der Waals surface area contributed by atoms with Gasteiger partial charge in [0, 0.05) is 7.05 Å². The Morgan fingerprint density at radius 1 is 1.24 bits per heavy atom. The fraction of sp³-hybridized carbons (Fsp3) is 0.267. The fourth-order valence-corrected chi connectivity index (χ4v) is 2.14. The summed E-state index contributed by atoms with van der Waals surface area (Å²) in [5, 5.41) is 0. The monoisotopic (exact) mass is 353 g/mol. The number of carbonyl (C=O) groups is 1. The van der Waals surface area contributed by atoms with Gasteiger partial charge in [0.1, 0.15) is 18.1 Å². The van der Waals surface area contributed by atoms with E-state index in [1.165, 1.54) is 6.26 Å². The minimum atomic E-state index is -0.117. The first-order chi connectivity index (χ1) is 10.1. The zero-order chi connectivity index (χ0) is 15.2. The second-order valence-electron chi connectivity index (χ2n) is 4.36. The van der Waals surface area contributed by atoms with Gasteiger partial charge in [0.15, 0.2) is 4.67 Å². The molecule has 1 aromatic carbocycles. The number of carbonyl (C=O) groups excluding carboxylic acids is 1. The van der Waals surface area contributed by atoms with Crippen molar-refractivity contribution in [2.75, 3.05) is 27.3 Å². The van der Waals surface area contributed by atoms with Crippen molar-refractivity contribution < 1.29 is 18.7 Å². The summed E-state index contributed by atoms with van der Waals surface area (Å²) in [5.41, 5.74) is 0.502. The van der Waals surface area contributed by atoms with Crippen LogP contribution in [0, 0.1) is 0 Å². The second-order valence-corrected chi connectivity index (χ2v) is 5.08. The molecule has 5 nitrogen and oxygen atoms in total. The second kappa shape index (κ2) is 7.17. The van der Waals surface area contributed by atoms with E-state index >= 15 is 0 Å². The molecule has 2 aromatic rings. The van der Waals surface area contributed by atoms with Gasteiger partial charge in [-0.25, -0.2) is 0 Å². The first-order valence-corrected chi connectivity index (χ1v) is 7.16. The van der Waals surface area contributed by atoms with Crippen LogP contribution in [0.3, 0.4) is 0 Å². The highest BCUT2D eigenvalue weighted by atomic mass is 79.9. The smallest absolute Gasteiger partial charge is 0.258 e. The minimum absolute atomic E-state index is 0.117. The molecule has 0 spiro atoms. The van der Waals surface area contributed by atoms with E-state index in [0.717, 1.165) is 11.5 Å². The van der Waals surface area contributed by atoms with Crippen molar-refractivity contribution in [1.29, 1.82) is 0 Å². The van der Waals surface area contributed by atoms with E-state index < -0.39 is 0 Å². The molecule has 0 aliphatic heterocycles. The molecule has 1 heterocycles. The maximum absolute atomic E-state index is 12.1. The molecular weight excluding hydrogens is 338 g/mol. The summed E-state index contributed by atoms with van der Waals surface area (Å²) in [5.74, 6) is 1.40. The van der Waals surface area contributed by atoms with Crippen LogP contribution >= 0.6 is 15.9 Å². The Balaban J connectivity index is 1.82. The molecule has 0 fully saturated rings. The molecule has 21 heavy (non-hydrogen) atoms. The first-order valence-electron chi connectivity index (χ1n) is 6.37. The lowest BCUT2D eigenvalue weighted by molar-refractivity contribution is 0.0772. The third kappa shape index (κ3) is 4.01. The number of ether oxygens (including phenoxy) is 2. The highest BCUT2D eigenvalue weighted by molar-refractivity contribution is 9.10. The Morgan fingerprint density at radius 3 is 2.48 bits per heavy atom. The van der Waals surface area contributed by atoms with Crippen LogP contribution in [0.2, 0.25) is 0 Å². The van der Waals surface area contributed by atoms with Crippen molar-refractivity contribution in [2.24, 2.45) is 0 Å². The molecule has 6 heteroatoms. The average Bonchev–Trinajstić information content (AvgIpc) is 2.93. The number of hydrogen-bond donors (Lipinski definition) is 0. The van der Waals surface area contributed by atoms with Gasteiger partial charge < -0.3 is 18.8 Å². The van der Waals surface area contributed by atoms with E-state index in [1.54, 1.807) is 25.1 Å². The van der Waals surface area contributed by atoms with E-state index in [1.807, 2.05) is 24.3 Å². The van der Waals surface area contributed by atoms with Crippen molar-refractivity contribution in [1.82, 2.24) is 4.90 Å². The standard InChI is InChI=1S/C15H16BrNO4/c1-17(15(18)13-7-9-21-14(13)16)8-10-20-12-5-3-11(19-2)4-6-12/h3-7,9H,8,10H2,1-2H3. The van der Waals surface area contributed by atoms with Crippen molar-refractivity contribution >= 4 is 21.8 Å². The summed E-state index contributed by atoms with van der Waals surface area (Å²) in [6.45, 7) is 0.881. The van der Waals surface area contributed by atoms with Crippen molar-refractivity contribution in [3.05, 3.63) is 46.8 Å². The van der Waals surface area contributed by atoms with Crippen LogP contribution in [0.15, 0.2) is 45.7 Å². The largest absolute Gasteiger partial charge is 0.497 e. The molecule has 0 bridgehead atoms. The van der Waals surface area contributed by atoms with Gasteiger partial charge in [-0.2, -0.15) is 0 Å². The quantitative estimate of drug-likeness (QED) is 0.800. The van der Waals surface area contributed by atoms with E-state index in [9.17, 15) is 4.79 Å². The van der Waals surface area contributed by atoms with E-state index in [-0.39, 0.29) is 5.91 Å². The number of rotatable bonds is 6. The number of benzene rings is 1. The molecule has 1 aromatic heterocycles. The third-order valence-corrected chi connectivity index (χ3v) is 3.56. The van der Waals surface area contributed by atoms with Crippen molar-refractivity contribution in [2.45, 2.75) is 0 Å². The predicted octanol–water partition coefficient (Wildman–Crippen LogP) is 3.20. The Labute approximate surface area is 131 Å². The Bertz CT molecular complexity index is 594. The highest BCUT2D eigenvalue weighted by Crippen LogP contribution is 2.19. The maximum atomic E-state index is 12.1. The molecule has 0 aliphatic carbocycles. The van der Waals surface area contributed by atoms with Gasteiger partial charge in [0.2, 0.25) is 0 Å². The number of likely N-dealkylation sites (N-methyl/N-ethyl adjacent to an activating group) is 1. The van der Waals surface area contributed by atoms with Crippen LogP contribution in [0.4, 0.5) is 0 Å². The molecule has 0 radical (unpaired) electrons. The molecule has 2 rings (SSSR count). The maximum Gasteiger partial charge on any atom is 0.258 e. The predicted molar refractivity (Wildman–Crippen MR) is 81.9 cm³/mol. The van der Waals surface area contributed by atoms with E-state index in [2.05, 4.69) is 15.9 Å². The lowest BCUT2D eigenvalue weighted by atomic mass is 10.3. The van der Waals surface area contributed by atoms with Crippen molar-refractivity contribution in [3.63, 3.8) is 0 Å². The van der Waals surface area contributed by atoms with Crippen LogP contribution in [0.5, 0.6) is 11.5 Å². The molecular formula is C15H16BrNO4.